The van der Waals surface area contributed by atoms with E-state index in [9.17, 15) is 14.0 Å². The zero-order valence-corrected chi connectivity index (χ0v) is 14.1. The number of nitrogens with one attached hydrogen (secondary N) is 1. The Labute approximate surface area is 141 Å². The highest BCUT2D eigenvalue weighted by atomic mass is 19.1. The fourth-order valence-corrected chi connectivity index (χ4v) is 2.46. The van der Waals surface area contributed by atoms with Gasteiger partial charge in [0.15, 0.2) is 0 Å². The van der Waals surface area contributed by atoms with Crippen LogP contribution in [0.3, 0.4) is 0 Å². The molecule has 126 valence electrons. The Bertz CT molecular complexity index is 759. The molecule has 0 spiro atoms. The fourth-order valence-electron chi connectivity index (χ4n) is 2.46. The number of aryl methyl sites for hydroxylation is 1. The summed E-state index contributed by atoms with van der Waals surface area (Å²) >= 11 is 0. The summed E-state index contributed by atoms with van der Waals surface area (Å²) in [6.07, 6.45) is 0.0846. The first-order valence-corrected chi connectivity index (χ1v) is 7.79. The van der Waals surface area contributed by atoms with Crippen LogP contribution >= 0.6 is 0 Å². The minimum atomic E-state index is -0.483. The van der Waals surface area contributed by atoms with Crippen molar-refractivity contribution in [1.82, 2.24) is 0 Å². The molecule has 0 atom stereocenters. The quantitative estimate of drug-likeness (QED) is 0.907. The highest BCUT2D eigenvalue weighted by molar-refractivity contribution is 5.95. The van der Waals surface area contributed by atoms with Crippen molar-refractivity contribution in [2.75, 3.05) is 16.8 Å². The molecular formula is C19H21FN2O2. The number of carbonyl (C=O) groups is 2. The predicted molar refractivity (Wildman–Crippen MR) is 93.6 cm³/mol. The number of rotatable bonds is 5. The van der Waals surface area contributed by atoms with Crippen LogP contribution in [0.2, 0.25) is 0 Å². The van der Waals surface area contributed by atoms with Gasteiger partial charge >= 0.3 is 0 Å². The monoisotopic (exact) mass is 328 g/mol. The van der Waals surface area contributed by atoms with E-state index >= 15 is 0 Å². The fraction of sp³-hybridized carbons (Fsp3) is 0.263. The molecule has 2 rings (SSSR count). The lowest BCUT2D eigenvalue weighted by Gasteiger charge is -2.23. The van der Waals surface area contributed by atoms with E-state index in [1.54, 1.807) is 17.0 Å². The second kappa shape index (κ2) is 7.73. The lowest BCUT2D eigenvalue weighted by Crippen LogP contribution is -2.32. The highest BCUT2D eigenvalue weighted by Gasteiger charge is 2.16. The summed E-state index contributed by atoms with van der Waals surface area (Å²) in [5.74, 6) is -0.956. The molecule has 24 heavy (non-hydrogen) atoms. The van der Waals surface area contributed by atoms with Crippen molar-refractivity contribution in [3.8, 4) is 0 Å². The molecule has 0 aliphatic rings. The third-order valence-corrected chi connectivity index (χ3v) is 3.96. The lowest BCUT2D eigenvalue weighted by molar-refractivity contribution is -0.117. The molecule has 0 aliphatic carbocycles. The van der Waals surface area contributed by atoms with Gasteiger partial charge in [-0.1, -0.05) is 24.3 Å². The molecule has 4 nitrogen and oxygen atoms in total. The number of halogens is 1. The largest absolute Gasteiger partial charge is 0.324 e. The third-order valence-electron chi connectivity index (χ3n) is 3.96. The Morgan fingerprint density at radius 1 is 1.08 bits per heavy atom. The van der Waals surface area contributed by atoms with Gasteiger partial charge in [-0.15, -0.1) is 0 Å². The summed E-state index contributed by atoms with van der Waals surface area (Å²) in [6, 6.07) is 11.7. The number of carbonyl (C=O) groups excluding carboxylic acids is 2. The predicted octanol–water partition coefficient (Wildman–Crippen LogP) is 3.82. The summed E-state index contributed by atoms with van der Waals surface area (Å²) < 4.78 is 13.6. The topological polar surface area (TPSA) is 49.4 Å². The number of hydrogen-bond acceptors (Lipinski definition) is 2. The van der Waals surface area contributed by atoms with E-state index in [-0.39, 0.29) is 30.5 Å². The van der Waals surface area contributed by atoms with Gasteiger partial charge in [0, 0.05) is 25.6 Å². The van der Waals surface area contributed by atoms with Crippen LogP contribution in [0.1, 0.15) is 24.5 Å². The van der Waals surface area contributed by atoms with Gasteiger partial charge in [0.2, 0.25) is 11.8 Å². The molecule has 0 heterocycles. The van der Waals surface area contributed by atoms with Crippen LogP contribution in [0.5, 0.6) is 0 Å². The summed E-state index contributed by atoms with van der Waals surface area (Å²) in [5, 5.41) is 2.53. The molecule has 0 saturated carbocycles. The first kappa shape index (κ1) is 17.7. The van der Waals surface area contributed by atoms with E-state index < -0.39 is 5.82 Å². The van der Waals surface area contributed by atoms with Gasteiger partial charge in [-0.3, -0.25) is 9.59 Å². The highest BCUT2D eigenvalue weighted by Crippen LogP contribution is 2.23. The van der Waals surface area contributed by atoms with E-state index in [1.807, 2.05) is 32.0 Å². The van der Waals surface area contributed by atoms with Crippen molar-refractivity contribution in [1.29, 1.82) is 0 Å². The summed E-state index contributed by atoms with van der Waals surface area (Å²) in [4.78, 5) is 25.6. The molecule has 0 radical (unpaired) electrons. The molecule has 0 saturated heterocycles. The maximum atomic E-state index is 13.6. The first-order valence-electron chi connectivity index (χ1n) is 7.79. The van der Waals surface area contributed by atoms with Crippen molar-refractivity contribution < 1.29 is 14.0 Å². The van der Waals surface area contributed by atoms with Gasteiger partial charge < -0.3 is 10.2 Å². The first-order chi connectivity index (χ1) is 11.4. The molecule has 2 aromatic rings. The number of hydrogen-bond donors (Lipinski definition) is 1. The van der Waals surface area contributed by atoms with Crippen LogP contribution in [0.15, 0.2) is 42.5 Å². The minimum Gasteiger partial charge on any atom is -0.324 e. The average Bonchev–Trinajstić information content (AvgIpc) is 2.53. The molecular weight excluding hydrogens is 307 g/mol. The zero-order chi connectivity index (χ0) is 17.7. The molecule has 2 amide bonds. The average molecular weight is 328 g/mol. The summed E-state index contributed by atoms with van der Waals surface area (Å²) in [6.45, 7) is 5.62. The lowest BCUT2D eigenvalue weighted by atomic mass is 10.1. The Hall–Kier alpha value is -2.69. The number of nitrogens with zero attached hydrogens (tertiary/aromatic N) is 1. The second-order valence-electron chi connectivity index (χ2n) is 5.67. The summed E-state index contributed by atoms with van der Waals surface area (Å²) in [5.41, 5.74) is 3.02. The number of para-hydroxylation sites is 1. The molecule has 0 aliphatic heterocycles. The smallest absolute Gasteiger partial charge is 0.226 e. The van der Waals surface area contributed by atoms with Crippen LogP contribution in [-0.4, -0.2) is 18.4 Å². The van der Waals surface area contributed by atoms with Gasteiger partial charge in [0.25, 0.3) is 0 Å². The van der Waals surface area contributed by atoms with Crippen molar-refractivity contribution in [2.24, 2.45) is 0 Å². The zero-order valence-electron chi connectivity index (χ0n) is 14.1. The van der Waals surface area contributed by atoms with Gasteiger partial charge in [-0.25, -0.2) is 4.39 Å². The van der Waals surface area contributed by atoms with Crippen LogP contribution in [-0.2, 0) is 9.59 Å². The van der Waals surface area contributed by atoms with Gasteiger partial charge in [-0.2, -0.15) is 0 Å². The molecule has 1 N–H and O–H groups in total. The van der Waals surface area contributed by atoms with Crippen LogP contribution < -0.4 is 10.2 Å². The number of anilines is 2. The van der Waals surface area contributed by atoms with Crippen LogP contribution in [0.25, 0.3) is 0 Å². The Morgan fingerprint density at radius 3 is 2.46 bits per heavy atom. The molecule has 0 fully saturated rings. The van der Waals surface area contributed by atoms with E-state index in [4.69, 9.17) is 0 Å². The Morgan fingerprint density at radius 2 is 1.79 bits per heavy atom. The van der Waals surface area contributed by atoms with E-state index in [0.717, 1.165) is 16.8 Å². The van der Waals surface area contributed by atoms with E-state index in [2.05, 4.69) is 5.32 Å². The third kappa shape index (κ3) is 4.19. The molecule has 5 heteroatoms. The van der Waals surface area contributed by atoms with Crippen molar-refractivity contribution >= 4 is 23.2 Å². The van der Waals surface area contributed by atoms with Crippen molar-refractivity contribution in [2.45, 2.75) is 27.2 Å². The maximum absolute atomic E-state index is 13.6. The normalized spacial score (nSPS) is 10.3. The molecule has 0 aromatic heterocycles. The Balaban J connectivity index is 2.07. The second-order valence-corrected chi connectivity index (χ2v) is 5.67. The molecule has 0 unspecified atom stereocenters. The SMILES string of the molecule is CC(=O)N(CCC(=O)Nc1ccccc1F)c1cccc(C)c1C. The maximum Gasteiger partial charge on any atom is 0.226 e. The van der Waals surface area contributed by atoms with Crippen LogP contribution in [0, 0.1) is 19.7 Å². The Kier molecular flexibility index (Phi) is 5.68. The molecule has 2 aromatic carbocycles. The van der Waals surface area contributed by atoms with Gasteiger partial charge in [0.05, 0.1) is 5.69 Å². The van der Waals surface area contributed by atoms with E-state index in [1.165, 1.54) is 19.1 Å². The van der Waals surface area contributed by atoms with Gasteiger partial charge in [-0.05, 0) is 43.2 Å². The standard InChI is InChI=1S/C19H21FN2O2/c1-13-7-6-10-18(14(13)2)22(15(3)23)12-11-19(24)21-17-9-5-4-8-16(17)20/h4-10H,11-12H2,1-3H3,(H,21,24). The number of benzene rings is 2. The molecule has 0 bridgehead atoms. The van der Waals surface area contributed by atoms with Crippen molar-refractivity contribution in [3.05, 3.63) is 59.4 Å². The van der Waals surface area contributed by atoms with E-state index in [0.29, 0.717) is 0 Å². The van der Waals surface area contributed by atoms with Crippen molar-refractivity contribution in [3.63, 3.8) is 0 Å². The number of amides is 2. The minimum absolute atomic E-state index is 0.0846. The summed E-state index contributed by atoms with van der Waals surface area (Å²) in [7, 11) is 0. The van der Waals surface area contributed by atoms with Gasteiger partial charge in [0.1, 0.15) is 5.82 Å². The van der Waals surface area contributed by atoms with Crippen LogP contribution in [0.4, 0.5) is 15.8 Å².